The molecule has 0 unspecified atom stereocenters. The van der Waals surface area contributed by atoms with Crippen LogP contribution in [0.4, 0.5) is 0 Å². The SMILES string of the molecule is C=C(C)C(=O)c1scc(C)c1Cl. The molecule has 12 heavy (non-hydrogen) atoms. The Morgan fingerprint density at radius 3 is 2.58 bits per heavy atom. The lowest BCUT2D eigenvalue weighted by Gasteiger charge is -1.95. The van der Waals surface area contributed by atoms with Gasteiger partial charge in [-0.2, -0.15) is 0 Å². The molecule has 0 atom stereocenters. The van der Waals surface area contributed by atoms with Crippen LogP contribution in [-0.4, -0.2) is 5.78 Å². The molecule has 0 aromatic carbocycles. The number of allylic oxidation sites excluding steroid dienone is 1. The number of carbonyl (C=O) groups is 1. The Bertz CT molecular complexity index is 338. The number of rotatable bonds is 2. The third kappa shape index (κ3) is 1.59. The summed E-state index contributed by atoms with van der Waals surface area (Å²) < 4.78 is 0. The van der Waals surface area contributed by atoms with Crippen molar-refractivity contribution in [2.75, 3.05) is 0 Å². The van der Waals surface area contributed by atoms with Gasteiger partial charge in [0, 0.05) is 0 Å². The summed E-state index contributed by atoms with van der Waals surface area (Å²) in [7, 11) is 0. The van der Waals surface area contributed by atoms with Gasteiger partial charge in [-0.15, -0.1) is 11.3 Å². The molecule has 0 aliphatic heterocycles. The van der Waals surface area contributed by atoms with Gasteiger partial charge >= 0.3 is 0 Å². The van der Waals surface area contributed by atoms with Crippen molar-refractivity contribution in [1.29, 1.82) is 0 Å². The zero-order chi connectivity index (χ0) is 9.30. The van der Waals surface area contributed by atoms with E-state index < -0.39 is 0 Å². The second kappa shape index (κ2) is 3.42. The molecule has 0 fully saturated rings. The van der Waals surface area contributed by atoms with E-state index in [0.717, 1.165) is 5.56 Å². The predicted molar refractivity (Wildman–Crippen MR) is 53.2 cm³/mol. The first-order valence-corrected chi connectivity index (χ1v) is 4.73. The lowest BCUT2D eigenvalue weighted by atomic mass is 10.2. The van der Waals surface area contributed by atoms with E-state index in [9.17, 15) is 4.79 Å². The number of halogens is 1. The van der Waals surface area contributed by atoms with Crippen LogP contribution in [0.5, 0.6) is 0 Å². The maximum Gasteiger partial charge on any atom is 0.199 e. The summed E-state index contributed by atoms with van der Waals surface area (Å²) in [6.07, 6.45) is 0. The molecule has 3 heteroatoms. The van der Waals surface area contributed by atoms with E-state index in [1.54, 1.807) is 6.92 Å². The number of carbonyl (C=O) groups excluding carboxylic acids is 1. The number of thiophene rings is 1. The van der Waals surface area contributed by atoms with Gasteiger partial charge in [0.25, 0.3) is 0 Å². The summed E-state index contributed by atoms with van der Waals surface area (Å²) in [5.74, 6) is -0.0573. The molecule has 1 heterocycles. The maximum atomic E-state index is 11.4. The zero-order valence-electron chi connectivity index (χ0n) is 6.98. The van der Waals surface area contributed by atoms with Crippen LogP contribution in [-0.2, 0) is 0 Å². The summed E-state index contributed by atoms with van der Waals surface area (Å²) in [5, 5.41) is 2.44. The third-order valence-corrected chi connectivity index (χ3v) is 3.19. The van der Waals surface area contributed by atoms with E-state index in [1.165, 1.54) is 11.3 Å². The molecule has 0 amide bonds. The fourth-order valence-electron chi connectivity index (χ4n) is 0.777. The van der Waals surface area contributed by atoms with Crippen LogP contribution in [0.2, 0.25) is 5.02 Å². The number of Topliss-reactive ketones (excluding diaryl/α,β-unsaturated/α-hetero) is 1. The van der Waals surface area contributed by atoms with Gasteiger partial charge in [0.2, 0.25) is 0 Å². The Labute approximate surface area is 80.7 Å². The number of aryl methyl sites for hydroxylation is 1. The van der Waals surface area contributed by atoms with E-state index >= 15 is 0 Å². The van der Waals surface area contributed by atoms with E-state index in [-0.39, 0.29) is 5.78 Å². The fourth-order valence-corrected chi connectivity index (χ4v) is 2.07. The molecule has 0 radical (unpaired) electrons. The van der Waals surface area contributed by atoms with Gasteiger partial charge in [-0.05, 0) is 30.4 Å². The minimum absolute atomic E-state index is 0.0573. The first-order chi connectivity index (χ1) is 5.54. The zero-order valence-corrected chi connectivity index (χ0v) is 8.55. The quantitative estimate of drug-likeness (QED) is 0.528. The molecule has 0 aliphatic rings. The van der Waals surface area contributed by atoms with Gasteiger partial charge in [0.05, 0.1) is 9.90 Å². The highest BCUT2D eigenvalue weighted by Crippen LogP contribution is 2.28. The van der Waals surface area contributed by atoms with Crippen LogP contribution < -0.4 is 0 Å². The van der Waals surface area contributed by atoms with Crippen LogP contribution in [0, 0.1) is 6.92 Å². The Morgan fingerprint density at radius 2 is 2.25 bits per heavy atom. The van der Waals surface area contributed by atoms with Gasteiger partial charge in [-0.25, -0.2) is 0 Å². The van der Waals surface area contributed by atoms with Gasteiger partial charge in [-0.1, -0.05) is 18.2 Å². The highest BCUT2D eigenvalue weighted by Gasteiger charge is 2.14. The topological polar surface area (TPSA) is 17.1 Å². The van der Waals surface area contributed by atoms with E-state index in [2.05, 4.69) is 6.58 Å². The summed E-state index contributed by atoms with van der Waals surface area (Å²) in [5.41, 5.74) is 1.48. The fraction of sp³-hybridized carbons (Fsp3) is 0.222. The summed E-state index contributed by atoms with van der Waals surface area (Å²) in [4.78, 5) is 12.0. The van der Waals surface area contributed by atoms with Crippen LogP contribution in [0.3, 0.4) is 0 Å². The number of ketones is 1. The van der Waals surface area contributed by atoms with Crippen molar-refractivity contribution < 1.29 is 4.79 Å². The molecule has 1 nitrogen and oxygen atoms in total. The van der Waals surface area contributed by atoms with E-state index in [0.29, 0.717) is 15.5 Å². The second-order valence-electron chi connectivity index (χ2n) is 2.67. The predicted octanol–water partition coefficient (Wildman–Crippen LogP) is 3.47. The Balaban J connectivity index is 3.12. The Kier molecular flexibility index (Phi) is 2.70. The molecule has 1 aromatic rings. The number of hydrogen-bond acceptors (Lipinski definition) is 2. The number of hydrogen-bond donors (Lipinski definition) is 0. The van der Waals surface area contributed by atoms with Crippen molar-refractivity contribution in [2.45, 2.75) is 13.8 Å². The van der Waals surface area contributed by atoms with Crippen LogP contribution in [0.15, 0.2) is 17.5 Å². The molecular formula is C9H9ClOS. The lowest BCUT2D eigenvalue weighted by Crippen LogP contribution is -1.96. The first-order valence-electron chi connectivity index (χ1n) is 3.48. The smallest absolute Gasteiger partial charge is 0.199 e. The molecule has 0 aliphatic carbocycles. The van der Waals surface area contributed by atoms with Crippen LogP contribution >= 0.6 is 22.9 Å². The molecule has 0 bridgehead atoms. The van der Waals surface area contributed by atoms with Crippen molar-refractivity contribution in [2.24, 2.45) is 0 Å². The second-order valence-corrected chi connectivity index (χ2v) is 3.93. The largest absolute Gasteiger partial charge is 0.288 e. The highest BCUT2D eigenvalue weighted by molar-refractivity contribution is 7.13. The average molecular weight is 201 g/mol. The molecule has 0 N–H and O–H groups in total. The highest BCUT2D eigenvalue weighted by atomic mass is 35.5. The molecule has 0 spiro atoms. The van der Waals surface area contributed by atoms with Gasteiger partial charge in [-0.3, -0.25) is 4.79 Å². The molecule has 64 valence electrons. The van der Waals surface area contributed by atoms with Crippen LogP contribution in [0.25, 0.3) is 0 Å². The van der Waals surface area contributed by atoms with Crippen molar-refractivity contribution in [3.63, 3.8) is 0 Å². The van der Waals surface area contributed by atoms with Gasteiger partial charge < -0.3 is 0 Å². The standard InChI is InChI=1S/C9H9ClOS/c1-5(2)8(11)9-7(10)6(3)4-12-9/h4H,1H2,2-3H3. The van der Waals surface area contributed by atoms with Crippen LogP contribution in [0.1, 0.15) is 22.2 Å². The van der Waals surface area contributed by atoms with Gasteiger partial charge in [0.1, 0.15) is 0 Å². The molecule has 0 saturated carbocycles. The normalized spacial score (nSPS) is 9.92. The third-order valence-electron chi connectivity index (χ3n) is 1.49. The molecular weight excluding hydrogens is 192 g/mol. The maximum absolute atomic E-state index is 11.4. The van der Waals surface area contributed by atoms with Crippen molar-refractivity contribution >= 4 is 28.7 Å². The van der Waals surface area contributed by atoms with E-state index in [4.69, 9.17) is 11.6 Å². The van der Waals surface area contributed by atoms with Crippen molar-refractivity contribution in [3.8, 4) is 0 Å². The van der Waals surface area contributed by atoms with Crippen molar-refractivity contribution in [3.05, 3.63) is 33.0 Å². The Morgan fingerprint density at radius 1 is 1.67 bits per heavy atom. The molecule has 1 rings (SSSR count). The van der Waals surface area contributed by atoms with Crippen molar-refractivity contribution in [1.82, 2.24) is 0 Å². The molecule has 0 saturated heterocycles. The van der Waals surface area contributed by atoms with E-state index in [1.807, 2.05) is 12.3 Å². The Hall–Kier alpha value is -0.600. The summed E-state index contributed by atoms with van der Waals surface area (Å²) in [6.45, 7) is 7.15. The molecule has 1 aromatic heterocycles. The first kappa shape index (κ1) is 9.49. The summed E-state index contributed by atoms with van der Waals surface area (Å²) >= 11 is 7.27. The minimum atomic E-state index is -0.0573. The summed E-state index contributed by atoms with van der Waals surface area (Å²) in [6, 6.07) is 0. The average Bonchev–Trinajstić information content (AvgIpc) is 2.32. The minimum Gasteiger partial charge on any atom is -0.288 e. The monoisotopic (exact) mass is 200 g/mol. The van der Waals surface area contributed by atoms with Gasteiger partial charge in [0.15, 0.2) is 5.78 Å². The lowest BCUT2D eigenvalue weighted by molar-refractivity contribution is 0.103.